The average Bonchev–Trinajstić information content (AvgIpc) is 3.06. The molecule has 2 heterocycles. The van der Waals surface area contributed by atoms with Crippen LogP contribution in [0.4, 0.5) is 10.5 Å². The van der Waals surface area contributed by atoms with Gasteiger partial charge in [-0.3, -0.25) is 4.79 Å². The number of carbonyl (C=O) groups excluding carboxylic acids is 2. The third-order valence-electron chi connectivity index (χ3n) is 4.92. The molecule has 1 aromatic rings. The molecule has 1 aromatic carbocycles. The van der Waals surface area contributed by atoms with E-state index in [0.29, 0.717) is 5.17 Å². The molecule has 2 fully saturated rings. The van der Waals surface area contributed by atoms with Crippen LogP contribution in [-0.2, 0) is 19.4 Å². The number of fused-ring (bicyclic) bond motifs is 1. The van der Waals surface area contributed by atoms with Gasteiger partial charge in [0.15, 0.2) is 15.0 Å². The van der Waals surface area contributed by atoms with Crippen molar-refractivity contribution in [3.05, 3.63) is 29.3 Å². The van der Waals surface area contributed by atoms with Crippen molar-refractivity contribution in [3.63, 3.8) is 0 Å². The molecule has 2 aliphatic heterocycles. The second-order valence-corrected chi connectivity index (χ2v) is 12.3. The Morgan fingerprint density at radius 2 is 1.97 bits per heavy atom. The maximum atomic E-state index is 12.5. The summed E-state index contributed by atoms with van der Waals surface area (Å²) in [6.07, 6.45) is -0.558. The van der Waals surface area contributed by atoms with Gasteiger partial charge in [0.1, 0.15) is 5.60 Å². The predicted molar refractivity (Wildman–Crippen MR) is 124 cm³/mol. The van der Waals surface area contributed by atoms with Crippen molar-refractivity contribution < 1.29 is 22.7 Å². The van der Waals surface area contributed by atoms with Gasteiger partial charge in [0.25, 0.3) is 0 Å². The van der Waals surface area contributed by atoms with E-state index in [1.165, 1.54) is 11.8 Å². The van der Waals surface area contributed by atoms with Crippen molar-refractivity contribution in [3.8, 4) is 0 Å². The number of benzene rings is 1. The summed E-state index contributed by atoms with van der Waals surface area (Å²) < 4.78 is 29.6. The number of ether oxygens (including phenoxy) is 1. The average molecular weight is 468 g/mol. The van der Waals surface area contributed by atoms with E-state index in [2.05, 4.69) is 10.3 Å². The lowest BCUT2D eigenvalue weighted by Gasteiger charge is -2.26. The SMILES string of the molecule is Cc1ccc(C)c(N2C(=NC(=O)CCNC(=O)OC(C)(C)C)S[C@H]3CS(=O)(=O)C[C@H]32)c1. The Balaban J connectivity index is 1.75. The summed E-state index contributed by atoms with van der Waals surface area (Å²) in [5, 5.41) is 2.91. The highest BCUT2D eigenvalue weighted by atomic mass is 32.2. The number of amides is 2. The first-order chi connectivity index (χ1) is 14.3. The monoisotopic (exact) mass is 467 g/mol. The van der Waals surface area contributed by atoms with Crippen LogP contribution < -0.4 is 10.2 Å². The summed E-state index contributed by atoms with van der Waals surface area (Å²) in [6, 6.07) is 5.72. The maximum absolute atomic E-state index is 12.5. The Morgan fingerprint density at radius 3 is 2.65 bits per heavy atom. The van der Waals surface area contributed by atoms with E-state index >= 15 is 0 Å². The molecule has 2 aliphatic rings. The summed E-state index contributed by atoms with van der Waals surface area (Å²) in [4.78, 5) is 30.4. The lowest BCUT2D eigenvalue weighted by Crippen LogP contribution is -2.38. The highest BCUT2D eigenvalue weighted by Crippen LogP contribution is 2.42. The highest BCUT2D eigenvalue weighted by Gasteiger charge is 2.49. The minimum Gasteiger partial charge on any atom is -0.444 e. The van der Waals surface area contributed by atoms with Gasteiger partial charge in [-0.25, -0.2) is 13.2 Å². The molecular weight excluding hydrogens is 438 g/mol. The first kappa shape index (κ1) is 23.6. The summed E-state index contributed by atoms with van der Waals surface area (Å²) >= 11 is 1.34. The number of aliphatic imine (C=N–C) groups is 1. The number of alkyl carbamates (subject to hydrolysis) is 1. The van der Waals surface area contributed by atoms with Crippen molar-refractivity contribution in [2.75, 3.05) is 23.0 Å². The molecule has 0 spiro atoms. The molecule has 3 rings (SSSR count). The second-order valence-electron chi connectivity index (χ2n) is 8.93. The minimum absolute atomic E-state index is 0.0254. The van der Waals surface area contributed by atoms with Crippen LogP contribution in [-0.4, -0.2) is 60.5 Å². The van der Waals surface area contributed by atoms with E-state index in [1.54, 1.807) is 20.8 Å². The van der Waals surface area contributed by atoms with Gasteiger partial charge in [0.05, 0.1) is 17.5 Å². The number of nitrogens with one attached hydrogen (secondary N) is 1. The molecule has 0 aromatic heterocycles. The number of sulfone groups is 1. The van der Waals surface area contributed by atoms with Gasteiger partial charge >= 0.3 is 6.09 Å². The maximum Gasteiger partial charge on any atom is 0.407 e. The van der Waals surface area contributed by atoms with Gasteiger partial charge in [0, 0.05) is 23.9 Å². The van der Waals surface area contributed by atoms with Gasteiger partial charge in [-0.1, -0.05) is 23.9 Å². The van der Waals surface area contributed by atoms with Crippen molar-refractivity contribution in [2.45, 2.75) is 57.9 Å². The number of thioether (sulfide) groups is 1. The Hall–Kier alpha value is -2.07. The molecule has 0 unspecified atom stereocenters. The molecule has 170 valence electrons. The molecule has 0 bridgehead atoms. The third kappa shape index (κ3) is 6.00. The van der Waals surface area contributed by atoms with E-state index in [9.17, 15) is 18.0 Å². The van der Waals surface area contributed by atoms with Crippen LogP contribution in [0, 0.1) is 13.8 Å². The smallest absolute Gasteiger partial charge is 0.407 e. The van der Waals surface area contributed by atoms with Crippen molar-refractivity contribution in [1.82, 2.24) is 5.32 Å². The quantitative estimate of drug-likeness (QED) is 0.726. The fourth-order valence-corrected chi connectivity index (χ4v) is 7.50. The molecule has 2 atom stereocenters. The molecule has 0 aliphatic carbocycles. The number of nitrogens with zero attached hydrogens (tertiary/aromatic N) is 2. The third-order valence-corrected chi connectivity index (χ3v) is 8.13. The molecule has 2 amide bonds. The minimum atomic E-state index is -3.12. The van der Waals surface area contributed by atoms with Crippen LogP contribution in [0.1, 0.15) is 38.3 Å². The number of amidine groups is 1. The lowest BCUT2D eigenvalue weighted by atomic mass is 10.1. The van der Waals surface area contributed by atoms with Gasteiger partial charge in [-0.2, -0.15) is 4.99 Å². The zero-order valence-electron chi connectivity index (χ0n) is 18.5. The summed E-state index contributed by atoms with van der Waals surface area (Å²) in [7, 11) is -3.12. The van der Waals surface area contributed by atoms with Crippen LogP contribution in [0.15, 0.2) is 23.2 Å². The summed E-state index contributed by atoms with van der Waals surface area (Å²) in [6.45, 7) is 9.33. The fraction of sp³-hybridized carbons (Fsp3) is 0.571. The largest absolute Gasteiger partial charge is 0.444 e. The van der Waals surface area contributed by atoms with Crippen LogP contribution in [0.5, 0.6) is 0 Å². The number of anilines is 1. The molecule has 1 N–H and O–H groups in total. The molecular formula is C21H29N3O5S2. The molecule has 2 saturated heterocycles. The first-order valence-electron chi connectivity index (χ1n) is 10.2. The fourth-order valence-electron chi connectivity index (χ4n) is 3.57. The topological polar surface area (TPSA) is 105 Å². The van der Waals surface area contributed by atoms with Crippen LogP contribution >= 0.6 is 11.8 Å². The molecule has 10 heteroatoms. The Morgan fingerprint density at radius 1 is 1.26 bits per heavy atom. The zero-order chi connectivity index (χ0) is 23.0. The summed E-state index contributed by atoms with van der Waals surface area (Å²) in [5.41, 5.74) is 2.29. The van der Waals surface area contributed by atoms with E-state index in [-0.39, 0.29) is 41.7 Å². The molecule has 31 heavy (non-hydrogen) atoms. The van der Waals surface area contributed by atoms with Crippen molar-refractivity contribution in [2.24, 2.45) is 4.99 Å². The predicted octanol–water partition coefficient (Wildman–Crippen LogP) is 2.82. The van der Waals surface area contributed by atoms with E-state index in [4.69, 9.17) is 4.74 Å². The molecule has 8 nitrogen and oxygen atoms in total. The summed E-state index contributed by atoms with van der Waals surface area (Å²) in [5.74, 6) is -0.251. The number of hydrogen-bond donors (Lipinski definition) is 1. The highest BCUT2D eigenvalue weighted by molar-refractivity contribution is 8.16. The van der Waals surface area contributed by atoms with Crippen LogP contribution in [0.25, 0.3) is 0 Å². The van der Waals surface area contributed by atoms with Crippen molar-refractivity contribution >= 4 is 44.5 Å². The Labute approximate surface area is 187 Å². The van der Waals surface area contributed by atoms with Crippen molar-refractivity contribution in [1.29, 1.82) is 0 Å². The van der Waals surface area contributed by atoms with E-state index in [0.717, 1.165) is 16.8 Å². The van der Waals surface area contributed by atoms with Gasteiger partial charge in [-0.05, 0) is 51.8 Å². The van der Waals surface area contributed by atoms with Gasteiger partial charge in [0.2, 0.25) is 5.91 Å². The lowest BCUT2D eigenvalue weighted by molar-refractivity contribution is -0.117. The van der Waals surface area contributed by atoms with Gasteiger partial charge in [-0.15, -0.1) is 0 Å². The number of carbonyl (C=O) groups is 2. The van der Waals surface area contributed by atoms with Crippen LogP contribution in [0.2, 0.25) is 0 Å². The Kier molecular flexibility index (Phi) is 6.71. The second kappa shape index (κ2) is 8.82. The van der Waals surface area contributed by atoms with E-state index in [1.807, 2.05) is 36.9 Å². The Bertz CT molecular complexity index is 1010. The normalized spacial score (nSPS) is 23.6. The van der Waals surface area contributed by atoms with Gasteiger partial charge < -0.3 is 15.0 Å². The number of hydrogen-bond acceptors (Lipinski definition) is 6. The standard InChI is InChI=1S/C21H29N3O5S2/c1-13-6-7-14(2)15(10-13)24-16-11-31(27,28)12-17(16)30-19(24)23-18(25)8-9-22-20(26)29-21(3,4)5/h6-7,10,16-17H,8-9,11-12H2,1-5H3,(H,22,26)/t16-,17+/m1/s1. The number of rotatable bonds is 4. The first-order valence-corrected chi connectivity index (χ1v) is 12.9. The zero-order valence-corrected chi connectivity index (χ0v) is 20.1. The molecule has 0 radical (unpaired) electrons. The van der Waals surface area contributed by atoms with E-state index < -0.39 is 21.5 Å². The number of aryl methyl sites for hydroxylation is 2. The van der Waals surface area contributed by atoms with Crippen LogP contribution in [0.3, 0.4) is 0 Å². The molecule has 0 saturated carbocycles.